The van der Waals surface area contributed by atoms with E-state index >= 15 is 0 Å². The number of ketones is 1. The molecule has 0 heterocycles. The molecule has 1 unspecified atom stereocenters. The minimum atomic E-state index is -0.469. The average Bonchev–Trinajstić information content (AvgIpc) is 2.15. The lowest BCUT2D eigenvalue weighted by Crippen LogP contribution is -2.29. The van der Waals surface area contributed by atoms with E-state index in [9.17, 15) is 4.79 Å². The molecule has 2 N–H and O–H groups in total. The Balaban J connectivity index is 2.95. The van der Waals surface area contributed by atoms with Gasteiger partial charge in [0.1, 0.15) is 0 Å². The Morgan fingerprint density at radius 3 is 2.40 bits per heavy atom. The van der Waals surface area contributed by atoms with E-state index in [0.717, 1.165) is 11.1 Å². The molecule has 0 aliphatic carbocycles. The standard InChI is InChI=1S/C13H17NO/c1-4-5-12(14)13(15)11-7-9(2)6-10(3)8-11/h4,6-8,12H,1,5,14H2,2-3H3. The molecule has 1 aromatic carbocycles. The highest BCUT2D eigenvalue weighted by Crippen LogP contribution is 2.11. The molecule has 2 nitrogen and oxygen atoms in total. The number of hydrogen-bond acceptors (Lipinski definition) is 2. The summed E-state index contributed by atoms with van der Waals surface area (Å²) in [6.45, 7) is 7.53. The van der Waals surface area contributed by atoms with E-state index in [0.29, 0.717) is 12.0 Å². The Morgan fingerprint density at radius 1 is 1.40 bits per heavy atom. The largest absolute Gasteiger partial charge is 0.321 e. The van der Waals surface area contributed by atoms with Crippen molar-refractivity contribution in [2.45, 2.75) is 26.3 Å². The van der Waals surface area contributed by atoms with Crippen molar-refractivity contribution in [3.8, 4) is 0 Å². The molecule has 0 aliphatic heterocycles. The molecule has 0 spiro atoms. The van der Waals surface area contributed by atoms with Crippen molar-refractivity contribution in [1.29, 1.82) is 0 Å². The van der Waals surface area contributed by atoms with Crippen LogP contribution in [0.1, 0.15) is 27.9 Å². The molecule has 0 saturated heterocycles. The first-order chi connectivity index (χ1) is 7.04. The molecular formula is C13H17NO. The number of carbonyl (C=O) groups excluding carboxylic acids is 1. The highest BCUT2D eigenvalue weighted by atomic mass is 16.1. The van der Waals surface area contributed by atoms with Crippen LogP contribution in [-0.2, 0) is 0 Å². The van der Waals surface area contributed by atoms with Crippen LogP contribution in [0.4, 0.5) is 0 Å². The summed E-state index contributed by atoms with van der Waals surface area (Å²) in [5, 5.41) is 0. The van der Waals surface area contributed by atoms with Crippen LogP contribution in [0.3, 0.4) is 0 Å². The first kappa shape index (κ1) is 11.7. The summed E-state index contributed by atoms with van der Waals surface area (Å²) in [6.07, 6.45) is 2.19. The van der Waals surface area contributed by atoms with Gasteiger partial charge < -0.3 is 5.73 Å². The second-order valence-electron chi connectivity index (χ2n) is 3.87. The first-order valence-electron chi connectivity index (χ1n) is 5.03. The van der Waals surface area contributed by atoms with Crippen LogP contribution in [-0.4, -0.2) is 11.8 Å². The van der Waals surface area contributed by atoms with Crippen LogP contribution in [0.2, 0.25) is 0 Å². The van der Waals surface area contributed by atoms with Crippen LogP contribution < -0.4 is 5.73 Å². The molecular weight excluding hydrogens is 186 g/mol. The van der Waals surface area contributed by atoms with E-state index in [2.05, 4.69) is 6.58 Å². The highest BCUT2D eigenvalue weighted by Gasteiger charge is 2.14. The average molecular weight is 203 g/mol. The van der Waals surface area contributed by atoms with E-state index in [1.54, 1.807) is 6.08 Å². The van der Waals surface area contributed by atoms with Crippen molar-refractivity contribution in [2.24, 2.45) is 5.73 Å². The zero-order valence-electron chi connectivity index (χ0n) is 9.29. The smallest absolute Gasteiger partial charge is 0.179 e. The Hall–Kier alpha value is -1.41. The topological polar surface area (TPSA) is 43.1 Å². The zero-order valence-corrected chi connectivity index (χ0v) is 9.29. The monoisotopic (exact) mass is 203 g/mol. The minimum Gasteiger partial charge on any atom is -0.321 e. The van der Waals surface area contributed by atoms with Crippen molar-refractivity contribution in [1.82, 2.24) is 0 Å². The third-order valence-corrected chi connectivity index (χ3v) is 2.26. The van der Waals surface area contributed by atoms with E-state index in [1.165, 1.54) is 0 Å². The van der Waals surface area contributed by atoms with E-state index in [4.69, 9.17) is 5.73 Å². The molecule has 0 aromatic heterocycles. The van der Waals surface area contributed by atoms with Crippen molar-refractivity contribution in [3.63, 3.8) is 0 Å². The third-order valence-electron chi connectivity index (χ3n) is 2.26. The molecule has 15 heavy (non-hydrogen) atoms. The quantitative estimate of drug-likeness (QED) is 0.603. The number of Topliss-reactive ketones (excluding diaryl/α,β-unsaturated/α-hetero) is 1. The van der Waals surface area contributed by atoms with Crippen LogP contribution in [0.5, 0.6) is 0 Å². The van der Waals surface area contributed by atoms with Gasteiger partial charge in [-0.05, 0) is 32.4 Å². The second kappa shape index (κ2) is 4.89. The Morgan fingerprint density at radius 2 is 1.93 bits per heavy atom. The van der Waals surface area contributed by atoms with Gasteiger partial charge in [0.25, 0.3) is 0 Å². The number of carbonyl (C=O) groups is 1. The molecule has 2 heteroatoms. The lowest BCUT2D eigenvalue weighted by atomic mass is 9.99. The SMILES string of the molecule is C=CCC(N)C(=O)c1cc(C)cc(C)c1. The number of benzene rings is 1. The molecule has 1 atom stereocenters. The Bertz CT molecular complexity index is 362. The lowest BCUT2D eigenvalue weighted by molar-refractivity contribution is 0.0962. The van der Waals surface area contributed by atoms with Gasteiger partial charge in [0, 0.05) is 5.56 Å². The van der Waals surface area contributed by atoms with Crippen LogP contribution in [0.15, 0.2) is 30.9 Å². The molecule has 0 radical (unpaired) electrons. The molecule has 0 fully saturated rings. The summed E-state index contributed by atoms with van der Waals surface area (Å²) in [5.41, 5.74) is 8.61. The summed E-state index contributed by atoms with van der Waals surface area (Å²) >= 11 is 0. The first-order valence-corrected chi connectivity index (χ1v) is 5.03. The highest BCUT2D eigenvalue weighted by molar-refractivity contribution is 6.00. The number of rotatable bonds is 4. The van der Waals surface area contributed by atoms with Crippen molar-refractivity contribution in [3.05, 3.63) is 47.5 Å². The molecule has 80 valence electrons. The Labute approximate surface area is 90.8 Å². The van der Waals surface area contributed by atoms with Gasteiger partial charge in [0.2, 0.25) is 0 Å². The van der Waals surface area contributed by atoms with Gasteiger partial charge in [-0.3, -0.25) is 4.79 Å². The van der Waals surface area contributed by atoms with E-state index < -0.39 is 6.04 Å². The van der Waals surface area contributed by atoms with Gasteiger partial charge >= 0.3 is 0 Å². The number of aryl methyl sites for hydroxylation is 2. The van der Waals surface area contributed by atoms with Crippen molar-refractivity contribution >= 4 is 5.78 Å². The second-order valence-corrected chi connectivity index (χ2v) is 3.87. The van der Waals surface area contributed by atoms with Gasteiger partial charge in [0.05, 0.1) is 6.04 Å². The van der Waals surface area contributed by atoms with Crippen LogP contribution in [0.25, 0.3) is 0 Å². The molecule has 0 bridgehead atoms. The van der Waals surface area contributed by atoms with Gasteiger partial charge in [-0.25, -0.2) is 0 Å². The maximum atomic E-state index is 11.9. The zero-order chi connectivity index (χ0) is 11.4. The minimum absolute atomic E-state index is 0.0123. The van der Waals surface area contributed by atoms with Crippen LogP contribution >= 0.6 is 0 Å². The summed E-state index contributed by atoms with van der Waals surface area (Å²) < 4.78 is 0. The van der Waals surface area contributed by atoms with Gasteiger partial charge in [-0.15, -0.1) is 6.58 Å². The molecule has 0 saturated carbocycles. The number of nitrogens with two attached hydrogens (primary N) is 1. The summed E-state index contributed by atoms with van der Waals surface area (Å²) in [5.74, 6) is -0.0123. The fourth-order valence-electron chi connectivity index (χ4n) is 1.62. The maximum Gasteiger partial charge on any atom is 0.179 e. The molecule has 1 rings (SSSR count). The third kappa shape index (κ3) is 3.03. The number of hydrogen-bond donors (Lipinski definition) is 1. The van der Waals surface area contributed by atoms with Gasteiger partial charge in [0.15, 0.2) is 5.78 Å². The Kier molecular flexibility index (Phi) is 3.81. The predicted molar refractivity (Wildman–Crippen MR) is 63.0 cm³/mol. The van der Waals surface area contributed by atoms with E-state index in [-0.39, 0.29) is 5.78 Å². The van der Waals surface area contributed by atoms with E-state index in [1.807, 2.05) is 32.0 Å². The van der Waals surface area contributed by atoms with Gasteiger partial charge in [-0.2, -0.15) is 0 Å². The normalized spacial score (nSPS) is 12.2. The molecule has 0 amide bonds. The van der Waals surface area contributed by atoms with Crippen LogP contribution in [0, 0.1) is 13.8 Å². The van der Waals surface area contributed by atoms with Crippen molar-refractivity contribution in [2.75, 3.05) is 0 Å². The summed E-state index contributed by atoms with van der Waals surface area (Å²) in [4.78, 5) is 11.9. The summed E-state index contributed by atoms with van der Waals surface area (Å²) in [7, 11) is 0. The van der Waals surface area contributed by atoms with Gasteiger partial charge in [-0.1, -0.05) is 23.3 Å². The molecule has 1 aromatic rings. The maximum absolute atomic E-state index is 11.9. The fraction of sp³-hybridized carbons (Fsp3) is 0.308. The lowest BCUT2D eigenvalue weighted by Gasteiger charge is -2.09. The molecule has 0 aliphatic rings. The predicted octanol–water partition coefficient (Wildman–Crippen LogP) is 2.39. The summed E-state index contributed by atoms with van der Waals surface area (Å²) in [6, 6.07) is 5.32. The van der Waals surface area contributed by atoms with Crippen molar-refractivity contribution < 1.29 is 4.79 Å². The fourth-order valence-corrected chi connectivity index (χ4v) is 1.62.